The first-order valence-corrected chi connectivity index (χ1v) is 18.7. The molecule has 2 nitrogen and oxygen atoms in total. The van der Waals surface area contributed by atoms with Crippen LogP contribution in [-0.2, 0) is 0 Å². The van der Waals surface area contributed by atoms with Crippen LogP contribution >= 0.6 is 0 Å². The van der Waals surface area contributed by atoms with Gasteiger partial charge in [0, 0.05) is 54.8 Å². The highest BCUT2D eigenvalue weighted by molar-refractivity contribution is 6.40. The molecule has 0 N–H and O–H groups in total. The molecule has 0 fully saturated rings. The topological polar surface area (TPSA) is 9.86 Å². The molecule has 0 radical (unpaired) electrons. The summed E-state index contributed by atoms with van der Waals surface area (Å²) in [5.74, 6) is 0. The van der Waals surface area contributed by atoms with Crippen molar-refractivity contribution in [2.24, 2.45) is 0 Å². The Morgan fingerprint density at radius 2 is 0.611 bits per heavy atom. The quantitative estimate of drug-likeness (QED) is 0.163. The van der Waals surface area contributed by atoms with Crippen molar-refractivity contribution in [1.82, 2.24) is 9.13 Å². The number of para-hydroxylation sites is 2. The summed E-state index contributed by atoms with van der Waals surface area (Å²) in [5, 5.41) is 15.2. The largest absolute Gasteiger partial charge is 0.309 e. The number of hydrogen-bond donors (Lipinski definition) is 0. The van der Waals surface area contributed by atoms with E-state index in [2.05, 4.69) is 203 Å². The molecular formula is C52H32N2. The van der Waals surface area contributed by atoms with E-state index in [4.69, 9.17) is 0 Å². The van der Waals surface area contributed by atoms with Gasteiger partial charge in [-0.1, -0.05) is 158 Å². The molecule has 10 aromatic carbocycles. The van der Waals surface area contributed by atoms with Crippen molar-refractivity contribution in [2.45, 2.75) is 0 Å². The molecule has 0 aliphatic rings. The van der Waals surface area contributed by atoms with Crippen LogP contribution in [0.1, 0.15) is 0 Å². The second-order valence-electron chi connectivity index (χ2n) is 14.4. The van der Waals surface area contributed by atoms with E-state index < -0.39 is 0 Å². The Labute approximate surface area is 311 Å². The lowest BCUT2D eigenvalue weighted by molar-refractivity contribution is 1.14. The first-order valence-electron chi connectivity index (χ1n) is 18.7. The van der Waals surface area contributed by atoms with E-state index in [9.17, 15) is 0 Å². The Hall–Kier alpha value is -7.16. The van der Waals surface area contributed by atoms with E-state index in [1.165, 1.54) is 98.2 Å². The Morgan fingerprint density at radius 3 is 1.07 bits per heavy atom. The summed E-state index contributed by atoms with van der Waals surface area (Å²) >= 11 is 0. The summed E-state index contributed by atoms with van der Waals surface area (Å²) in [6.07, 6.45) is 0. The summed E-state index contributed by atoms with van der Waals surface area (Å²) in [4.78, 5) is 0. The van der Waals surface area contributed by atoms with E-state index >= 15 is 0 Å². The molecule has 0 spiro atoms. The SMILES string of the molecule is c1ccc(-n2c(-c3cccc4ccccc34)cc3c4cccc5c4c4c(cccc4c32)c2cc(-c3cccc4ccccc34)n(-c3ccccc3)c25)cc1. The molecule has 0 bridgehead atoms. The molecule has 0 aliphatic carbocycles. The van der Waals surface area contributed by atoms with Crippen molar-refractivity contribution in [2.75, 3.05) is 0 Å². The zero-order valence-electron chi connectivity index (χ0n) is 29.4. The second kappa shape index (κ2) is 11.2. The molecular weight excluding hydrogens is 653 g/mol. The molecule has 0 atom stereocenters. The molecule has 12 rings (SSSR count). The number of hydrogen-bond acceptors (Lipinski definition) is 0. The maximum Gasteiger partial charge on any atom is 0.0620 e. The molecule has 0 aliphatic heterocycles. The molecule has 0 amide bonds. The van der Waals surface area contributed by atoms with Gasteiger partial charge in [0.05, 0.1) is 22.4 Å². The lowest BCUT2D eigenvalue weighted by Gasteiger charge is -2.19. The standard InChI is InChI=1S/C52H32N2/c1-3-19-35(20-4-1)53-47(39-25-11-17-33-15-7-9-23-37(33)39)31-45-41-27-14-30-44-50(41)49-42(28-13-29-43(49)51(45)53)46-32-48(54(52(44)46)36-21-5-2-6-22-36)40-26-12-18-34-16-8-10-24-38(34)40/h1-32H. The second-order valence-corrected chi connectivity index (χ2v) is 14.4. The van der Waals surface area contributed by atoms with Gasteiger partial charge in [0.15, 0.2) is 0 Å². The van der Waals surface area contributed by atoms with Gasteiger partial charge in [0.25, 0.3) is 0 Å². The van der Waals surface area contributed by atoms with E-state index in [0.717, 1.165) is 11.4 Å². The summed E-state index contributed by atoms with van der Waals surface area (Å²) in [6, 6.07) is 71.4. The fraction of sp³-hybridized carbons (Fsp3) is 0. The van der Waals surface area contributed by atoms with E-state index in [1.54, 1.807) is 0 Å². The van der Waals surface area contributed by atoms with Crippen LogP contribution in [0.4, 0.5) is 0 Å². The lowest BCUT2D eigenvalue weighted by Crippen LogP contribution is -1.99. The summed E-state index contributed by atoms with van der Waals surface area (Å²) in [7, 11) is 0. The fourth-order valence-corrected chi connectivity index (χ4v) is 9.43. The molecule has 12 aromatic rings. The minimum Gasteiger partial charge on any atom is -0.309 e. The van der Waals surface area contributed by atoms with Crippen LogP contribution in [0.15, 0.2) is 194 Å². The van der Waals surface area contributed by atoms with Gasteiger partial charge >= 0.3 is 0 Å². The number of benzene rings is 10. The zero-order chi connectivity index (χ0) is 35.3. The third kappa shape index (κ3) is 4.00. The zero-order valence-corrected chi connectivity index (χ0v) is 29.4. The monoisotopic (exact) mass is 684 g/mol. The molecule has 2 heterocycles. The highest BCUT2D eigenvalue weighted by atomic mass is 15.0. The van der Waals surface area contributed by atoms with Gasteiger partial charge in [0.1, 0.15) is 0 Å². The van der Waals surface area contributed by atoms with E-state index in [0.29, 0.717) is 0 Å². The van der Waals surface area contributed by atoms with Crippen molar-refractivity contribution in [3.8, 4) is 33.9 Å². The van der Waals surface area contributed by atoms with E-state index in [1.807, 2.05) is 0 Å². The van der Waals surface area contributed by atoms with Crippen molar-refractivity contribution < 1.29 is 0 Å². The van der Waals surface area contributed by atoms with Crippen LogP contribution in [-0.4, -0.2) is 9.13 Å². The molecule has 250 valence electrons. The number of rotatable bonds is 4. The van der Waals surface area contributed by atoms with Crippen molar-refractivity contribution in [1.29, 1.82) is 0 Å². The first-order chi connectivity index (χ1) is 26.8. The van der Waals surface area contributed by atoms with Crippen LogP contribution in [0, 0.1) is 0 Å². The van der Waals surface area contributed by atoms with Crippen LogP contribution < -0.4 is 0 Å². The number of aromatic nitrogens is 2. The fourth-order valence-electron chi connectivity index (χ4n) is 9.43. The normalized spacial score (nSPS) is 12.1. The maximum absolute atomic E-state index is 2.51. The third-order valence-electron chi connectivity index (χ3n) is 11.6. The molecule has 2 aromatic heterocycles. The maximum atomic E-state index is 2.51. The van der Waals surface area contributed by atoms with Gasteiger partial charge in [-0.15, -0.1) is 0 Å². The lowest BCUT2D eigenvalue weighted by atomic mass is 9.89. The summed E-state index contributed by atoms with van der Waals surface area (Å²) in [5.41, 5.74) is 9.65. The Kier molecular flexibility index (Phi) is 6.09. The van der Waals surface area contributed by atoms with Gasteiger partial charge < -0.3 is 9.13 Å². The van der Waals surface area contributed by atoms with Crippen LogP contribution in [0.2, 0.25) is 0 Å². The van der Waals surface area contributed by atoms with Crippen molar-refractivity contribution in [3.05, 3.63) is 194 Å². The minimum atomic E-state index is 1.16. The van der Waals surface area contributed by atoms with Crippen LogP contribution in [0.25, 0.3) is 110 Å². The van der Waals surface area contributed by atoms with Gasteiger partial charge in [-0.2, -0.15) is 0 Å². The Bertz CT molecular complexity index is 3180. The predicted octanol–water partition coefficient (Wildman–Crippen LogP) is 14.1. The molecule has 2 heteroatoms. The van der Waals surface area contributed by atoms with Gasteiger partial charge in [-0.3, -0.25) is 0 Å². The van der Waals surface area contributed by atoms with Crippen molar-refractivity contribution >= 4 is 75.7 Å². The highest BCUT2D eigenvalue weighted by Gasteiger charge is 2.25. The number of nitrogens with zero attached hydrogens (tertiary/aromatic N) is 2. The molecule has 54 heavy (non-hydrogen) atoms. The van der Waals surface area contributed by atoms with Gasteiger partial charge in [-0.05, 0) is 68.7 Å². The molecule has 0 saturated carbocycles. The van der Waals surface area contributed by atoms with E-state index in [-0.39, 0.29) is 0 Å². The average molecular weight is 685 g/mol. The molecule has 0 saturated heterocycles. The summed E-state index contributed by atoms with van der Waals surface area (Å²) in [6.45, 7) is 0. The highest BCUT2D eigenvalue weighted by Crippen LogP contribution is 2.49. The Balaban J connectivity index is 1.30. The smallest absolute Gasteiger partial charge is 0.0620 e. The predicted molar refractivity (Wildman–Crippen MR) is 230 cm³/mol. The van der Waals surface area contributed by atoms with Crippen LogP contribution in [0.5, 0.6) is 0 Å². The average Bonchev–Trinajstić information content (AvgIpc) is 3.85. The van der Waals surface area contributed by atoms with Gasteiger partial charge in [-0.25, -0.2) is 0 Å². The van der Waals surface area contributed by atoms with Crippen molar-refractivity contribution in [3.63, 3.8) is 0 Å². The number of fused-ring (bicyclic) bond motifs is 8. The van der Waals surface area contributed by atoms with Crippen LogP contribution in [0.3, 0.4) is 0 Å². The minimum absolute atomic E-state index is 1.16. The molecule has 0 unspecified atom stereocenters. The third-order valence-corrected chi connectivity index (χ3v) is 11.6. The Morgan fingerprint density at radius 1 is 0.259 bits per heavy atom. The van der Waals surface area contributed by atoms with Gasteiger partial charge in [0.2, 0.25) is 0 Å². The first kappa shape index (κ1) is 29.4. The summed E-state index contributed by atoms with van der Waals surface area (Å²) < 4.78 is 5.02.